The normalized spacial score (nSPS) is 13.8. The molecule has 0 bridgehead atoms. The maximum Gasteiger partial charge on any atom is 0.255 e. The number of halogens is 2. The molecule has 2 amide bonds. The summed E-state index contributed by atoms with van der Waals surface area (Å²) in [6.45, 7) is 1.80. The monoisotopic (exact) mass is 421 g/mol. The first-order valence-electron chi connectivity index (χ1n) is 9.46. The van der Waals surface area contributed by atoms with Crippen molar-refractivity contribution in [3.05, 3.63) is 58.1 Å². The zero-order valence-electron chi connectivity index (χ0n) is 16.5. The van der Waals surface area contributed by atoms with Crippen molar-refractivity contribution in [1.29, 1.82) is 0 Å². The largest absolute Gasteiger partial charge is 0.507 e. The van der Waals surface area contributed by atoms with E-state index in [9.17, 15) is 19.1 Å². The maximum absolute atomic E-state index is 12.5. The third-order valence-electron chi connectivity index (χ3n) is 4.70. The van der Waals surface area contributed by atoms with E-state index in [1.807, 2.05) is 0 Å². The van der Waals surface area contributed by atoms with Crippen molar-refractivity contribution < 1.29 is 19.1 Å². The van der Waals surface area contributed by atoms with Crippen molar-refractivity contribution in [2.24, 2.45) is 0 Å². The Morgan fingerprint density at radius 1 is 1.17 bits per heavy atom. The van der Waals surface area contributed by atoms with Crippen LogP contribution in [-0.4, -0.2) is 35.0 Å². The molecule has 8 heteroatoms. The fourth-order valence-corrected chi connectivity index (χ4v) is 3.26. The summed E-state index contributed by atoms with van der Waals surface area (Å²) in [5.41, 5.74) is 1.16. The third kappa shape index (κ3) is 6.42. The zero-order chi connectivity index (χ0) is 21.4. The number of carbonyl (C=O) groups is 2. The first-order valence-corrected chi connectivity index (χ1v) is 9.83. The van der Waals surface area contributed by atoms with Gasteiger partial charge in [0.25, 0.3) is 11.8 Å². The Morgan fingerprint density at radius 2 is 1.86 bits per heavy atom. The van der Waals surface area contributed by atoms with E-state index in [1.165, 1.54) is 26.3 Å². The molecular formula is C21H25ClFN3O3. The summed E-state index contributed by atoms with van der Waals surface area (Å²) in [5, 5.41) is 15.2. The lowest BCUT2D eigenvalue weighted by molar-refractivity contribution is 0.0923. The van der Waals surface area contributed by atoms with Gasteiger partial charge in [-0.3, -0.25) is 9.59 Å². The molecule has 0 aliphatic heterocycles. The number of carbonyl (C=O) groups excluding carboxylic acids is 2. The second kappa shape index (κ2) is 10.8. The van der Waals surface area contributed by atoms with Gasteiger partial charge in [0.2, 0.25) is 0 Å². The molecule has 1 aliphatic carbocycles. The molecule has 1 aromatic carbocycles. The van der Waals surface area contributed by atoms with Crippen molar-refractivity contribution in [3.8, 4) is 5.75 Å². The predicted octanol–water partition coefficient (Wildman–Crippen LogP) is 4.00. The summed E-state index contributed by atoms with van der Waals surface area (Å²) in [4.78, 5) is 26.5. The van der Waals surface area contributed by atoms with Gasteiger partial charge in [0.1, 0.15) is 16.7 Å². The number of hydrogen-bond donors (Lipinski definition) is 3. The van der Waals surface area contributed by atoms with Crippen LogP contribution in [0.25, 0.3) is 0 Å². The van der Waals surface area contributed by atoms with Gasteiger partial charge in [0.05, 0.1) is 17.3 Å². The molecule has 0 unspecified atom stereocenters. The summed E-state index contributed by atoms with van der Waals surface area (Å²) in [6, 6.07) is 6.57. The first kappa shape index (κ1) is 22.6. The van der Waals surface area contributed by atoms with Crippen LogP contribution in [0.2, 0.25) is 5.15 Å². The van der Waals surface area contributed by atoms with Crippen LogP contribution >= 0.6 is 11.6 Å². The van der Waals surface area contributed by atoms with Crippen molar-refractivity contribution in [1.82, 2.24) is 15.6 Å². The van der Waals surface area contributed by atoms with Crippen LogP contribution in [0.1, 0.15) is 58.4 Å². The van der Waals surface area contributed by atoms with Crippen molar-refractivity contribution >= 4 is 23.4 Å². The molecule has 156 valence electrons. The number of para-hydroxylation sites is 1. The van der Waals surface area contributed by atoms with E-state index in [0.717, 1.165) is 30.7 Å². The number of aromatic hydroxyl groups is 1. The van der Waals surface area contributed by atoms with Gasteiger partial charge in [0, 0.05) is 13.1 Å². The van der Waals surface area contributed by atoms with Crippen LogP contribution in [0.4, 0.5) is 4.39 Å². The molecule has 1 aromatic heterocycles. The number of amides is 2. The summed E-state index contributed by atoms with van der Waals surface area (Å²) >= 11 is 5.53. The Kier molecular flexibility index (Phi) is 8.39. The topological polar surface area (TPSA) is 91.3 Å². The lowest BCUT2D eigenvalue weighted by Crippen LogP contribution is -2.36. The van der Waals surface area contributed by atoms with Crippen molar-refractivity contribution in [3.63, 3.8) is 0 Å². The van der Waals surface area contributed by atoms with E-state index in [-0.39, 0.29) is 28.4 Å². The van der Waals surface area contributed by atoms with Crippen LogP contribution in [-0.2, 0) is 0 Å². The van der Waals surface area contributed by atoms with Crippen molar-refractivity contribution in [2.45, 2.75) is 45.1 Å². The summed E-state index contributed by atoms with van der Waals surface area (Å²) < 4.78 is 12.5. The fraction of sp³-hybridized carbons (Fsp3) is 0.381. The molecule has 29 heavy (non-hydrogen) atoms. The Bertz CT molecular complexity index is 870. The summed E-state index contributed by atoms with van der Waals surface area (Å²) in [6.07, 6.45) is 6.70. The Labute approximate surface area is 174 Å². The van der Waals surface area contributed by atoms with Gasteiger partial charge in [-0.15, -0.1) is 0 Å². The molecule has 1 heterocycles. The number of nitrogens with zero attached hydrogens (tertiary/aromatic N) is 1. The van der Waals surface area contributed by atoms with Gasteiger partial charge in [-0.1, -0.05) is 43.0 Å². The quantitative estimate of drug-likeness (QED) is 0.653. The number of nitrogens with one attached hydrogen (secondary N) is 2. The summed E-state index contributed by atoms with van der Waals surface area (Å²) in [7, 11) is 1.43. The van der Waals surface area contributed by atoms with Gasteiger partial charge < -0.3 is 15.7 Å². The number of benzene rings is 1. The van der Waals surface area contributed by atoms with Gasteiger partial charge in [-0.05, 0) is 37.5 Å². The Morgan fingerprint density at radius 3 is 2.52 bits per heavy atom. The first-order chi connectivity index (χ1) is 13.8. The minimum Gasteiger partial charge on any atom is -0.507 e. The van der Waals surface area contributed by atoms with Gasteiger partial charge >= 0.3 is 0 Å². The molecule has 2 aromatic rings. The maximum atomic E-state index is 12.5. The SMILES string of the molecule is CNC(=O)c1cc(F)cnc1Cl.Cc1cccc(C(=O)NC2CCCCC2)c1O. The highest BCUT2D eigenvalue weighted by Crippen LogP contribution is 2.23. The zero-order valence-corrected chi connectivity index (χ0v) is 17.2. The Hall–Kier alpha value is -2.67. The lowest BCUT2D eigenvalue weighted by atomic mass is 9.95. The fourth-order valence-electron chi connectivity index (χ4n) is 3.07. The van der Waals surface area contributed by atoms with Crippen LogP contribution in [0.5, 0.6) is 5.75 Å². The predicted molar refractivity (Wildman–Crippen MR) is 110 cm³/mol. The smallest absolute Gasteiger partial charge is 0.255 e. The molecular weight excluding hydrogens is 397 g/mol. The van der Waals surface area contributed by atoms with E-state index < -0.39 is 11.7 Å². The number of phenolic OH excluding ortho intramolecular Hbond substituents is 1. The second-order valence-electron chi connectivity index (χ2n) is 6.85. The number of phenols is 1. The standard InChI is InChI=1S/C14H19NO2.C7H6ClFN2O/c1-10-6-5-9-12(13(10)16)14(17)15-11-7-3-2-4-8-11;1-10-7(12)5-2-4(9)3-11-6(5)8/h5-6,9,11,16H,2-4,7-8H2,1H3,(H,15,17);2-3H,1H3,(H,10,12). The Balaban J connectivity index is 0.000000221. The molecule has 1 aliphatic rings. The molecule has 0 saturated heterocycles. The lowest BCUT2D eigenvalue weighted by Gasteiger charge is -2.23. The van der Waals surface area contributed by atoms with Gasteiger partial charge in [-0.2, -0.15) is 0 Å². The van der Waals surface area contributed by atoms with E-state index in [0.29, 0.717) is 5.56 Å². The van der Waals surface area contributed by atoms with E-state index in [1.54, 1.807) is 25.1 Å². The van der Waals surface area contributed by atoms with Crippen molar-refractivity contribution in [2.75, 3.05) is 7.05 Å². The van der Waals surface area contributed by atoms with E-state index in [4.69, 9.17) is 11.6 Å². The molecule has 0 spiro atoms. The highest BCUT2D eigenvalue weighted by molar-refractivity contribution is 6.32. The van der Waals surface area contributed by atoms with Gasteiger partial charge in [0.15, 0.2) is 0 Å². The summed E-state index contributed by atoms with van der Waals surface area (Å²) in [5.74, 6) is -1.09. The average Bonchev–Trinajstić information content (AvgIpc) is 2.72. The van der Waals surface area contributed by atoms with Crippen LogP contribution in [0.15, 0.2) is 30.5 Å². The highest BCUT2D eigenvalue weighted by Gasteiger charge is 2.18. The van der Waals surface area contributed by atoms with Crippen LogP contribution < -0.4 is 10.6 Å². The van der Waals surface area contributed by atoms with Crippen LogP contribution in [0, 0.1) is 12.7 Å². The minimum atomic E-state index is -0.585. The minimum absolute atomic E-state index is 0.00394. The number of aromatic nitrogens is 1. The molecule has 3 N–H and O–H groups in total. The molecule has 0 radical (unpaired) electrons. The molecule has 1 saturated carbocycles. The molecule has 1 fully saturated rings. The van der Waals surface area contributed by atoms with E-state index in [2.05, 4.69) is 15.6 Å². The molecule has 3 rings (SSSR count). The van der Waals surface area contributed by atoms with Gasteiger partial charge in [-0.25, -0.2) is 9.37 Å². The molecule has 6 nitrogen and oxygen atoms in total. The second-order valence-corrected chi connectivity index (χ2v) is 7.21. The number of pyridine rings is 1. The average molecular weight is 422 g/mol. The number of rotatable bonds is 3. The van der Waals surface area contributed by atoms with E-state index >= 15 is 0 Å². The van der Waals surface area contributed by atoms with Crippen LogP contribution in [0.3, 0.4) is 0 Å². The number of hydrogen-bond acceptors (Lipinski definition) is 4. The molecule has 0 atom stereocenters. The third-order valence-corrected chi connectivity index (χ3v) is 5.00. The number of aryl methyl sites for hydroxylation is 1. The highest BCUT2D eigenvalue weighted by atomic mass is 35.5.